The van der Waals surface area contributed by atoms with E-state index in [-0.39, 0.29) is 13.2 Å². The molecule has 0 radical (unpaired) electrons. The molecule has 6 nitrogen and oxygen atoms in total. The number of esters is 1. The first kappa shape index (κ1) is 17.6. The van der Waals surface area contributed by atoms with Crippen LogP contribution in [0.1, 0.15) is 23.8 Å². The molecular formula is C18H21NO5. The Morgan fingerprint density at radius 2 is 2.04 bits per heavy atom. The molecule has 0 bridgehead atoms. The Morgan fingerprint density at radius 1 is 1.25 bits per heavy atom. The summed E-state index contributed by atoms with van der Waals surface area (Å²) in [6.45, 7) is 5.38. The first-order valence-corrected chi connectivity index (χ1v) is 7.65. The van der Waals surface area contributed by atoms with Gasteiger partial charge in [-0.15, -0.1) is 0 Å². The van der Waals surface area contributed by atoms with E-state index >= 15 is 0 Å². The molecule has 1 N–H and O–H groups in total. The monoisotopic (exact) mass is 331 g/mol. The van der Waals surface area contributed by atoms with Crippen molar-refractivity contribution in [1.82, 2.24) is 5.32 Å². The van der Waals surface area contributed by atoms with E-state index in [4.69, 9.17) is 13.9 Å². The lowest BCUT2D eigenvalue weighted by Crippen LogP contribution is -2.36. The summed E-state index contributed by atoms with van der Waals surface area (Å²) < 4.78 is 15.6. The molecule has 1 aromatic carbocycles. The Kier molecular flexibility index (Phi) is 6.01. The standard InChI is InChI=1S/C18H21NO5/c1-12-6-7-16(13(2)9-12)23-11-17(20)24-14(3)18(21)19-10-15-5-4-8-22-15/h4-9,14H,10-11H2,1-3H3,(H,19,21)/t14-/m0/s1. The van der Waals surface area contributed by atoms with Crippen LogP contribution in [0.5, 0.6) is 5.75 Å². The van der Waals surface area contributed by atoms with Crippen molar-refractivity contribution >= 4 is 11.9 Å². The van der Waals surface area contributed by atoms with Crippen LogP contribution in [0.2, 0.25) is 0 Å². The Balaban J connectivity index is 1.75. The molecule has 1 aromatic heterocycles. The van der Waals surface area contributed by atoms with Gasteiger partial charge in [-0.2, -0.15) is 0 Å². The van der Waals surface area contributed by atoms with Gasteiger partial charge in [0.05, 0.1) is 12.8 Å². The van der Waals surface area contributed by atoms with Crippen LogP contribution >= 0.6 is 0 Å². The number of ether oxygens (including phenoxy) is 2. The van der Waals surface area contributed by atoms with Gasteiger partial charge >= 0.3 is 5.97 Å². The third kappa shape index (κ3) is 5.15. The molecule has 128 valence electrons. The molecule has 0 saturated heterocycles. The quantitative estimate of drug-likeness (QED) is 0.789. The first-order valence-electron chi connectivity index (χ1n) is 7.65. The summed E-state index contributed by atoms with van der Waals surface area (Å²) in [4.78, 5) is 23.7. The van der Waals surface area contributed by atoms with Crippen LogP contribution in [0.4, 0.5) is 0 Å². The highest BCUT2D eigenvalue weighted by Gasteiger charge is 2.18. The normalized spacial score (nSPS) is 11.6. The van der Waals surface area contributed by atoms with Crippen molar-refractivity contribution in [2.24, 2.45) is 0 Å². The zero-order valence-electron chi connectivity index (χ0n) is 14.0. The van der Waals surface area contributed by atoms with Gasteiger partial charge in [0.1, 0.15) is 11.5 Å². The van der Waals surface area contributed by atoms with E-state index in [1.54, 1.807) is 18.2 Å². The second kappa shape index (κ2) is 8.19. The van der Waals surface area contributed by atoms with E-state index in [0.717, 1.165) is 11.1 Å². The van der Waals surface area contributed by atoms with Gasteiger partial charge in [-0.25, -0.2) is 4.79 Å². The largest absolute Gasteiger partial charge is 0.482 e. The minimum Gasteiger partial charge on any atom is -0.482 e. The van der Waals surface area contributed by atoms with E-state index in [1.807, 2.05) is 26.0 Å². The molecular weight excluding hydrogens is 310 g/mol. The Labute approximate surface area is 140 Å². The van der Waals surface area contributed by atoms with Gasteiger partial charge in [0, 0.05) is 0 Å². The molecule has 0 aliphatic rings. The number of hydrogen-bond donors (Lipinski definition) is 1. The molecule has 1 heterocycles. The number of amides is 1. The fourth-order valence-corrected chi connectivity index (χ4v) is 2.11. The number of furan rings is 1. The van der Waals surface area contributed by atoms with Crippen LogP contribution in [0.15, 0.2) is 41.0 Å². The molecule has 6 heteroatoms. The lowest BCUT2D eigenvalue weighted by Gasteiger charge is -2.14. The molecule has 0 unspecified atom stereocenters. The minimum atomic E-state index is -0.907. The maximum Gasteiger partial charge on any atom is 0.344 e. The molecule has 2 rings (SSSR count). The van der Waals surface area contributed by atoms with Crippen LogP contribution in [-0.4, -0.2) is 24.6 Å². The second-order valence-corrected chi connectivity index (χ2v) is 5.49. The maximum absolute atomic E-state index is 11.9. The van der Waals surface area contributed by atoms with Gasteiger partial charge in [0.15, 0.2) is 12.7 Å². The molecule has 0 spiro atoms. The third-order valence-corrected chi connectivity index (χ3v) is 3.37. The summed E-state index contributed by atoms with van der Waals surface area (Å²) in [5.74, 6) is 0.245. The first-order chi connectivity index (χ1) is 11.5. The summed E-state index contributed by atoms with van der Waals surface area (Å²) in [5.41, 5.74) is 2.05. The van der Waals surface area contributed by atoms with Crippen LogP contribution < -0.4 is 10.1 Å². The van der Waals surface area contributed by atoms with Gasteiger partial charge in [-0.05, 0) is 44.5 Å². The Morgan fingerprint density at radius 3 is 2.71 bits per heavy atom. The highest BCUT2D eigenvalue weighted by atomic mass is 16.6. The van der Waals surface area contributed by atoms with Crippen molar-refractivity contribution in [2.75, 3.05) is 6.61 Å². The fraction of sp³-hybridized carbons (Fsp3) is 0.333. The zero-order valence-corrected chi connectivity index (χ0v) is 14.0. The minimum absolute atomic E-state index is 0.243. The summed E-state index contributed by atoms with van der Waals surface area (Å²) in [6, 6.07) is 9.14. The number of carbonyl (C=O) groups is 2. The van der Waals surface area contributed by atoms with Crippen molar-refractivity contribution in [3.05, 3.63) is 53.5 Å². The molecule has 0 aliphatic carbocycles. The van der Waals surface area contributed by atoms with Crippen molar-refractivity contribution in [3.63, 3.8) is 0 Å². The Hall–Kier alpha value is -2.76. The topological polar surface area (TPSA) is 77.8 Å². The molecule has 0 saturated carbocycles. The number of nitrogens with one attached hydrogen (secondary N) is 1. The van der Waals surface area contributed by atoms with E-state index in [1.165, 1.54) is 13.2 Å². The molecule has 1 atom stereocenters. The van der Waals surface area contributed by atoms with E-state index in [2.05, 4.69) is 5.32 Å². The fourth-order valence-electron chi connectivity index (χ4n) is 2.11. The highest BCUT2D eigenvalue weighted by molar-refractivity contribution is 5.83. The third-order valence-electron chi connectivity index (χ3n) is 3.37. The van der Waals surface area contributed by atoms with Crippen LogP contribution in [0, 0.1) is 13.8 Å². The summed E-state index contributed by atoms with van der Waals surface area (Å²) in [7, 11) is 0. The van der Waals surface area contributed by atoms with Crippen LogP contribution in [-0.2, 0) is 20.9 Å². The molecule has 0 fully saturated rings. The maximum atomic E-state index is 11.9. The van der Waals surface area contributed by atoms with E-state index < -0.39 is 18.0 Å². The molecule has 24 heavy (non-hydrogen) atoms. The predicted octanol–water partition coefficient (Wildman–Crippen LogP) is 2.52. The summed E-state index contributed by atoms with van der Waals surface area (Å²) >= 11 is 0. The number of benzene rings is 1. The van der Waals surface area contributed by atoms with E-state index in [0.29, 0.717) is 11.5 Å². The van der Waals surface area contributed by atoms with Gasteiger partial charge in [-0.1, -0.05) is 17.7 Å². The van der Waals surface area contributed by atoms with Crippen molar-refractivity contribution < 1.29 is 23.5 Å². The average Bonchev–Trinajstić information content (AvgIpc) is 3.05. The van der Waals surface area contributed by atoms with Crippen molar-refractivity contribution in [3.8, 4) is 5.75 Å². The number of carbonyl (C=O) groups excluding carboxylic acids is 2. The SMILES string of the molecule is Cc1ccc(OCC(=O)O[C@@H](C)C(=O)NCc2ccco2)c(C)c1. The van der Waals surface area contributed by atoms with Gasteiger partial charge < -0.3 is 19.2 Å². The van der Waals surface area contributed by atoms with Crippen molar-refractivity contribution in [1.29, 1.82) is 0 Å². The molecule has 1 amide bonds. The zero-order chi connectivity index (χ0) is 17.5. The Bertz CT molecular complexity index is 693. The van der Waals surface area contributed by atoms with Gasteiger partial charge in [0.2, 0.25) is 0 Å². The summed E-state index contributed by atoms with van der Waals surface area (Å²) in [5, 5.41) is 2.63. The molecule has 2 aromatic rings. The van der Waals surface area contributed by atoms with E-state index in [9.17, 15) is 9.59 Å². The molecule has 0 aliphatic heterocycles. The number of rotatable bonds is 7. The van der Waals surface area contributed by atoms with Gasteiger partial charge in [0.25, 0.3) is 5.91 Å². The number of aryl methyl sites for hydroxylation is 2. The summed E-state index contributed by atoms with van der Waals surface area (Å²) in [6.07, 6.45) is 0.616. The lowest BCUT2D eigenvalue weighted by atomic mass is 10.1. The van der Waals surface area contributed by atoms with Gasteiger partial charge in [-0.3, -0.25) is 4.79 Å². The second-order valence-electron chi connectivity index (χ2n) is 5.49. The smallest absolute Gasteiger partial charge is 0.344 e. The van der Waals surface area contributed by atoms with Crippen LogP contribution in [0.3, 0.4) is 0 Å². The number of hydrogen-bond acceptors (Lipinski definition) is 5. The lowest BCUT2D eigenvalue weighted by molar-refractivity contribution is -0.156. The predicted molar refractivity (Wildman–Crippen MR) is 87.5 cm³/mol. The average molecular weight is 331 g/mol. The highest BCUT2D eigenvalue weighted by Crippen LogP contribution is 2.18. The van der Waals surface area contributed by atoms with Crippen molar-refractivity contribution in [2.45, 2.75) is 33.4 Å². The van der Waals surface area contributed by atoms with Crippen LogP contribution in [0.25, 0.3) is 0 Å².